The maximum atomic E-state index is 13.3. The summed E-state index contributed by atoms with van der Waals surface area (Å²) in [6, 6.07) is 6.45. The molecule has 3 rings (SSSR count). The topological polar surface area (TPSA) is 54.5 Å². The lowest BCUT2D eigenvalue weighted by atomic mass is 10.0. The second-order valence-electron chi connectivity index (χ2n) is 6.61. The van der Waals surface area contributed by atoms with Gasteiger partial charge in [0, 0.05) is 22.1 Å². The summed E-state index contributed by atoms with van der Waals surface area (Å²) in [7, 11) is -3.52. The molecular formula is C19H17BrCl2FNO3S. The number of nitrogens with zero attached hydrogens (tertiary/aromatic N) is 1. The molecule has 1 saturated carbocycles. The van der Waals surface area contributed by atoms with E-state index in [9.17, 15) is 17.6 Å². The van der Waals surface area contributed by atoms with E-state index in [0.717, 1.165) is 25.0 Å². The van der Waals surface area contributed by atoms with Crippen LogP contribution in [0.4, 0.5) is 10.1 Å². The van der Waals surface area contributed by atoms with Crippen LogP contribution in [-0.4, -0.2) is 26.5 Å². The van der Waals surface area contributed by atoms with Crippen molar-refractivity contribution < 1.29 is 17.6 Å². The van der Waals surface area contributed by atoms with E-state index in [4.69, 9.17) is 23.2 Å². The molecule has 0 spiro atoms. The number of ketones is 1. The summed E-state index contributed by atoms with van der Waals surface area (Å²) in [6.07, 6.45) is 1.96. The first-order valence-electron chi connectivity index (χ1n) is 8.63. The van der Waals surface area contributed by atoms with Gasteiger partial charge in [-0.05, 0) is 71.9 Å². The lowest BCUT2D eigenvalue weighted by Crippen LogP contribution is -2.34. The maximum absolute atomic E-state index is 13.3. The number of carbonyl (C=O) groups is 1. The molecule has 0 aromatic heterocycles. The third kappa shape index (κ3) is 4.53. The zero-order valence-electron chi connectivity index (χ0n) is 14.9. The van der Waals surface area contributed by atoms with Crippen LogP contribution < -0.4 is 4.31 Å². The van der Waals surface area contributed by atoms with Crippen molar-refractivity contribution in [1.82, 2.24) is 0 Å². The van der Waals surface area contributed by atoms with Crippen LogP contribution >= 0.6 is 39.1 Å². The van der Waals surface area contributed by atoms with Gasteiger partial charge in [-0.15, -0.1) is 0 Å². The molecule has 0 radical (unpaired) electrons. The van der Waals surface area contributed by atoms with E-state index in [0.29, 0.717) is 22.6 Å². The highest BCUT2D eigenvalue weighted by atomic mass is 79.9. The number of carbonyl (C=O) groups excluding carboxylic acids is 1. The number of halogens is 4. The van der Waals surface area contributed by atoms with Crippen molar-refractivity contribution in [2.45, 2.75) is 19.8 Å². The quantitative estimate of drug-likeness (QED) is 0.451. The third-order valence-electron chi connectivity index (χ3n) is 4.55. The molecule has 150 valence electrons. The molecule has 0 amide bonds. The summed E-state index contributed by atoms with van der Waals surface area (Å²) in [4.78, 5) is 12.8. The van der Waals surface area contributed by atoms with E-state index < -0.39 is 21.6 Å². The first-order chi connectivity index (χ1) is 13.1. The fraction of sp³-hybridized carbons (Fsp3) is 0.316. The number of benzene rings is 2. The average molecular weight is 509 g/mol. The van der Waals surface area contributed by atoms with Crippen molar-refractivity contribution in [3.05, 3.63) is 61.8 Å². The fourth-order valence-corrected chi connectivity index (χ4v) is 5.05. The van der Waals surface area contributed by atoms with Gasteiger partial charge in [-0.3, -0.25) is 9.10 Å². The van der Waals surface area contributed by atoms with Crippen LogP contribution in [0.2, 0.25) is 10.0 Å². The summed E-state index contributed by atoms with van der Waals surface area (Å²) in [6.45, 7) is 1.94. The van der Waals surface area contributed by atoms with Crippen LogP contribution in [0.1, 0.15) is 35.7 Å². The summed E-state index contributed by atoms with van der Waals surface area (Å²) in [5.74, 6) is -0.734. The Labute approximate surface area is 181 Å². The van der Waals surface area contributed by atoms with Gasteiger partial charge in [-0.25, -0.2) is 12.8 Å². The number of rotatable bonds is 7. The minimum atomic E-state index is -3.52. The van der Waals surface area contributed by atoms with Crippen LogP contribution in [0.5, 0.6) is 0 Å². The molecule has 0 saturated heterocycles. The Bertz CT molecular complexity index is 1040. The highest BCUT2D eigenvalue weighted by molar-refractivity contribution is 9.10. The van der Waals surface area contributed by atoms with E-state index in [2.05, 4.69) is 15.9 Å². The molecular weight excluding hydrogens is 492 g/mol. The Hall–Kier alpha value is -1.15. The third-order valence-corrected chi connectivity index (χ3v) is 7.57. The van der Waals surface area contributed by atoms with Crippen molar-refractivity contribution >= 4 is 60.6 Å². The van der Waals surface area contributed by atoms with Crippen molar-refractivity contribution in [1.29, 1.82) is 0 Å². The first kappa shape index (κ1) is 21.6. The van der Waals surface area contributed by atoms with Crippen LogP contribution in [0.15, 0.2) is 34.8 Å². The molecule has 2 aromatic rings. The molecule has 0 heterocycles. The molecule has 9 heteroatoms. The van der Waals surface area contributed by atoms with Crippen molar-refractivity contribution in [3.63, 3.8) is 0 Å². The minimum Gasteiger partial charge on any atom is -0.289 e. The van der Waals surface area contributed by atoms with Gasteiger partial charge in [0.2, 0.25) is 10.0 Å². The molecule has 1 aliphatic rings. The molecule has 0 unspecified atom stereocenters. The fourth-order valence-electron chi connectivity index (χ4n) is 2.77. The Balaban J connectivity index is 2.03. The number of sulfonamides is 1. The predicted molar refractivity (Wildman–Crippen MR) is 114 cm³/mol. The smallest absolute Gasteiger partial charge is 0.234 e. The summed E-state index contributed by atoms with van der Waals surface area (Å²) >= 11 is 15.7. The lowest BCUT2D eigenvalue weighted by molar-refractivity contribution is 0.103. The Morgan fingerprint density at radius 3 is 2.43 bits per heavy atom. The monoisotopic (exact) mass is 507 g/mol. The van der Waals surface area contributed by atoms with Gasteiger partial charge in [0.1, 0.15) is 5.82 Å². The molecule has 1 aliphatic carbocycles. The SMILES string of the molecule is CCS(=O)(=O)N(CC1CC1)c1cc(Br)c(C(=O)c2ccc(F)cc2Cl)cc1Cl. The molecule has 28 heavy (non-hydrogen) atoms. The van der Waals surface area contributed by atoms with Crippen LogP contribution in [0.3, 0.4) is 0 Å². The predicted octanol–water partition coefficient (Wildman–Crippen LogP) is 5.69. The standard InChI is InChI=1S/C19H17BrCl2FNO3S/c1-2-28(26,27)24(10-11-3-4-11)18-9-15(20)14(8-17(18)22)19(25)13-6-5-12(23)7-16(13)21/h5-9,11H,2-4,10H2,1H3. The normalized spacial score (nSPS) is 14.2. The van der Waals surface area contributed by atoms with Gasteiger partial charge >= 0.3 is 0 Å². The zero-order chi connectivity index (χ0) is 20.6. The number of hydrogen-bond donors (Lipinski definition) is 0. The molecule has 1 fully saturated rings. The highest BCUT2D eigenvalue weighted by Gasteiger charge is 2.32. The van der Waals surface area contributed by atoms with Crippen LogP contribution in [-0.2, 0) is 10.0 Å². The lowest BCUT2D eigenvalue weighted by Gasteiger charge is -2.25. The van der Waals surface area contributed by atoms with Gasteiger partial charge in [0.05, 0.1) is 21.5 Å². The van der Waals surface area contributed by atoms with Gasteiger partial charge in [-0.2, -0.15) is 0 Å². The second kappa shape index (κ2) is 8.30. The number of hydrogen-bond acceptors (Lipinski definition) is 3. The van der Waals surface area contributed by atoms with Crippen LogP contribution in [0.25, 0.3) is 0 Å². The van der Waals surface area contributed by atoms with Gasteiger partial charge in [-0.1, -0.05) is 23.2 Å². The van der Waals surface area contributed by atoms with E-state index >= 15 is 0 Å². The van der Waals surface area contributed by atoms with E-state index in [1.165, 1.54) is 22.5 Å². The van der Waals surface area contributed by atoms with Crippen molar-refractivity contribution in [2.24, 2.45) is 5.92 Å². The minimum absolute atomic E-state index is 0.0129. The second-order valence-corrected chi connectivity index (χ2v) is 10.5. The van der Waals surface area contributed by atoms with Crippen molar-refractivity contribution in [2.75, 3.05) is 16.6 Å². The highest BCUT2D eigenvalue weighted by Crippen LogP contribution is 2.38. The molecule has 4 nitrogen and oxygen atoms in total. The first-order valence-corrected chi connectivity index (χ1v) is 11.8. The van der Waals surface area contributed by atoms with E-state index in [-0.39, 0.29) is 26.9 Å². The van der Waals surface area contributed by atoms with Gasteiger partial charge < -0.3 is 0 Å². The molecule has 0 bridgehead atoms. The van der Waals surface area contributed by atoms with E-state index in [1.54, 1.807) is 6.92 Å². The molecule has 0 aliphatic heterocycles. The van der Waals surface area contributed by atoms with Gasteiger partial charge in [0.25, 0.3) is 0 Å². The summed E-state index contributed by atoms with van der Waals surface area (Å²) < 4.78 is 40.1. The zero-order valence-corrected chi connectivity index (χ0v) is 18.8. The summed E-state index contributed by atoms with van der Waals surface area (Å²) in [5.41, 5.74) is 0.662. The Morgan fingerprint density at radius 2 is 1.86 bits per heavy atom. The van der Waals surface area contributed by atoms with Gasteiger partial charge in [0.15, 0.2) is 5.78 Å². The molecule has 0 atom stereocenters. The largest absolute Gasteiger partial charge is 0.289 e. The number of anilines is 1. The molecule has 0 N–H and O–H groups in total. The summed E-state index contributed by atoms with van der Waals surface area (Å²) in [5, 5.41) is 0.128. The van der Waals surface area contributed by atoms with Crippen LogP contribution in [0, 0.1) is 11.7 Å². The molecule has 2 aromatic carbocycles. The Morgan fingerprint density at radius 1 is 1.18 bits per heavy atom. The average Bonchev–Trinajstić information content (AvgIpc) is 3.45. The Kier molecular flexibility index (Phi) is 6.39. The van der Waals surface area contributed by atoms with Crippen molar-refractivity contribution in [3.8, 4) is 0 Å². The van der Waals surface area contributed by atoms with E-state index in [1.807, 2.05) is 0 Å². The maximum Gasteiger partial charge on any atom is 0.234 e.